The van der Waals surface area contributed by atoms with E-state index in [-0.39, 0.29) is 18.6 Å². The number of carbonyl (C=O) groups excluding carboxylic acids is 2. The topological polar surface area (TPSA) is 76.4 Å². The molecule has 90 valence electrons. The first-order valence-electron chi connectivity index (χ1n) is 5.16. The molecule has 0 saturated carbocycles. The molecule has 0 rings (SSSR count). The molecule has 0 spiro atoms. The lowest BCUT2D eigenvalue weighted by atomic mass is 10.1. The van der Waals surface area contributed by atoms with E-state index in [0.717, 1.165) is 0 Å². The fraction of sp³-hybridized carbons (Fsp3) is 0.727. The number of nitrogens with zero attached hydrogens (tertiary/aromatic N) is 1. The molecule has 0 N–H and O–H groups in total. The van der Waals surface area contributed by atoms with Crippen molar-refractivity contribution in [3.8, 4) is 6.07 Å². The quantitative estimate of drug-likeness (QED) is 0.664. The van der Waals surface area contributed by atoms with E-state index in [9.17, 15) is 9.59 Å². The molecule has 16 heavy (non-hydrogen) atoms. The minimum Gasteiger partial charge on any atom is -0.463 e. The van der Waals surface area contributed by atoms with Crippen LogP contribution in [0.2, 0.25) is 0 Å². The summed E-state index contributed by atoms with van der Waals surface area (Å²) in [6, 6.07) is 1.74. The molecule has 0 aliphatic rings. The maximum absolute atomic E-state index is 11.4. The van der Waals surface area contributed by atoms with Gasteiger partial charge in [-0.1, -0.05) is 0 Å². The Morgan fingerprint density at radius 3 is 2.00 bits per heavy atom. The minimum atomic E-state index is -1.09. The first-order chi connectivity index (χ1) is 7.36. The predicted molar refractivity (Wildman–Crippen MR) is 56.2 cm³/mol. The number of carbonyl (C=O) groups is 2. The molecule has 0 amide bonds. The van der Waals surface area contributed by atoms with Crippen molar-refractivity contribution < 1.29 is 19.1 Å². The van der Waals surface area contributed by atoms with Gasteiger partial charge in [0.2, 0.25) is 0 Å². The molecule has 5 heteroatoms. The van der Waals surface area contributed by atoms with Crippen LogP contribution < -0.4 is 0 Å². The molecule has 0 aromatic carbocycles. The van der Waals surface area contributed by atoms with Crippen molar-refractivity contribution in [1.82, 2.24) is 0 Å². The molecule has 0 fully saturated rings. The molecule has 0 heterocycles. The van der Waals surface area contributed by atoms with Gasteiger partial charge in [-0.15, -0.1) is 0 Å². The van der Waals surface area contributed by atoms with Crippen molar-refractivity contribution in [2.45, 2.75) is 46.3 Å². The van der Waals surface area contributed by atoms with Gasteiger partial charge >= 0.3 is 11.9 Å². The third kappa shape index (κ3) is 6.02. The van der Waals surface area contributed by atoms with Gasteiger partial charge in [-0.05, 0) is 27.7 Å². The second kappa shape index (κ2) is 6.83. The molecular weight excluding hydrogens is 210 g/mol. The van der Waals surface area contributed by atoms with Gasteiger partial charge < -0.3 is 9.47 Å². The van der Waals surface area contributed by atoms with E-state index in [1.807, 2.05) is 0 Å². The lowest BCUT2D eigenvalue weighted by molar-refractivity contribution is -0.157. The highest BCUT2D eigenvalue weighted by molar-refractivity contribution is 5.82. The highest BCUT2D eigenvalue weighted by Crippen LogP contribution is 2.08. The summed E-state index contributed by atoms with van der Waals surface area (Å²) >= 11 is 0. The van der Waals surface area contributed by atoms with Crippen LogP contribution in [0.15, 0.2) is 0 Å². The van der Waals surface area contributed by atoms with Crippen molar-refractivity contribution in [3.05, 3.63) is 0 Å². The Labute approximate surface area is 95.3 Å². The number of nitriles is 1. The Balaban J connectivity index is 4.26. The van der Waals surface area contributed by atoms with E-state index in [1.54, 1.807) is 33.8 Å². The van der Waals surface area contributed by atoms with Crippen molar-refractivity contribution in [3.63, 3.8) is 0 Å². The number of rotatable bonds is 5. The molecule has 0 bridgehead atoms. The van der Waals surface area contributed by atoms with Gasteiger partial charge in [0.25, 0.3) is 0 Å². The molecule has 0 aromatic heterocycles. The lowest BCUT2D eigenvalue weighted by Gasteiger charge is -2.12. The Kier molecular flexibility index (Phi) is 6.16. The molecule has 0 aliphatic heterocycles. The van der Waals surface area contributed by atoms with E-state index >= 15 is 0 Å². The summed E-state index contributed by atoms with van der Waals surface area (Å²) < 4.78 is 9.68. The van der Waals surface area contributed by atoms with E-state index in [2.05, 4.69) is 0 Å². The first-order valence-corrected chi connectivity index (χ1v) is 5.16. The molecule has 0 aliphatic carbocycles. The van der Waals surface area contributed by atoms with Crippen LogP contribution in [0.3, 0.4) is 0 Å². The summed E-state index contributed by atoms with van der Waals surface area (Å²) in [6.45, 7) is 6.76. The van der Waals surface area contributed by atoms with Crippen molar-refractivity contribution in [2.24, 2.45) is 5.92 Å². The van der Waals surface area contributed by atoms with Crippen LogP contribution >= 0.6 is 0 Å². The third-order valence-electron chi connectivity index (χ3n) is 1.53. The zero-order valence-electron chi connectivity index (χ0n) is 10.0. The second-order valence-electron chi connectivity index (χ2n) is 3.91. The van der Waals surface area contributed by atoms with Gasteiger partial charge in [-0.2, -0.15) is 5.26 Å². The summed E-state index contributed by atoms with van der Waals surface area (Å²) in [7, 11) is 0. The van der Waals surface area contributed by atoms with E-state index in [1.165, 1.54) is 0 Å². The van der Waals surface area contributed by atoms with Crippen LogP contribution in [0.5, 0.6) is 0 Å². The van der Waals surface area contributed by atoms with Crippen LogP contribution in [0.4, 0.5) is 0 Å². The van der Waals surface area contributed by atoms with Gasteiger partial charge in [-0.25, -0.2) is 0 Å². The molecule has 0 aromatic rings. The zero-order chi connectivity index (χ0) is 12.7. The molecule has 1 atom stereocenters. The van der Waals surface area contributed by atoms with Gasteiger partial charge in [0.1, 0.15) is 0 Å². The number of hydrogen-bond acceptors (Lipinski definition) is 5. The highest BCUT2D eigenvalue weighted by Gasteiger charge is 2.25. The standard InChI is InChI=1S/C11H17NO4/c1-7(2)15-10(13)5-9(6-12)11(14)16-8(3)4/h7-9H,5H2,1-4H3. The normalized spacial score (nSPS) is 12.1. The maximum Gasteiger partial charge on any atom is 0.324 e. The fourth-order valence-corrected chi connectivity index (χ4v) is 0.974. The average Bonchev–Trinajstić information content (AvgIpc) is 2.11. The molecule has 1 unspecified atom stereocenters. The van der Waals surface area contributed by atoms with E-state index in [4.69, 9.17) is 14.7 Å². The minimum absolute atomic E-state index is 0.257. The molecule has 0 saturated heterocycles. The van der Waals surface area contributed by atoms with Gasteiger partial charge in [0.05, 0.1) is 24.7 Å². The Hall–Kier alpha value is -1.57. The zero-order valence-corrected chi connectivity index (χ0v) is 10.0. The second-order valence-corrected chi connectivity index (χ2v) is 3.91. The molecule has 5 nitrogen and oxygen atoms in total. The SMILES string of the molecule is CC(C)OC(=O)CC(C#N)C(=O)OC(C)C. The van der Waals surface area contributed by atoms with Gasteiger partial charge in [-0.3, -0.25) is 9.59 Å². The smallest absolute Gasteiger partial charge is 0.324 e. The highest BCUT2D eigenvalue weighted by atomic mass is 16.5. The molecular formula is C11H17NO4. The fourth-order valence-electron chi connectivity index (χ4n) is 0.974. The van der Waals surface area contributed by atoms with Crippen molar-refractivity contribution in [1.29, 1.82) is 5.26 Å². The van der Waals surface area contributed by atoms with Crippen LogP contribution in [0, 0.1) is 17.2 Å². The summed E-state index contributed by atoms with van der Waals surface area (Å²) in [5.74, 6) is -2.34. The summed E-state index contributed by atoms with van der Waals surface area (Å²) in [4.78, 5) is 22.6. The number of ether oxygens (including phenoxy) is 2. The Morgan fingerprint density at radius 1 is 1.12 bits per heavy atom. The van der Waals surface area contributed by atoms with Gasteiger partial charge in [0, 0.05) is 0 Å². The first kappa shape index (κ1) is 14.4. The summed E-state index contributed by atoms with van der Waals surface area (Å²) in [5.41, 5.74) is 0. The number of esters is 2. The van der Waals surface area contributed by atoms with Crippen molar-refractivity contribution in [2.75, 3.05) is 0 Å². The lowest BCUT2D eigenvalue weighted by Crippen LogP contribution is -2.24. The van der Waals surface area contributed by atoms with Crippen LogP contribution in [-0.4, -0.2) is 24.1 Å². The Bertz CT molecular complexity index is 291. The predicted octanol–water partition coefficient (Wildman–Crippen LogP) is 1.42. The summed E-state index contributed by atoms with van der Waals surface area (Å²) in [5, 5.41) is 8.73. The van der Waals surface area contributed by atoms with Crippen LogP contribution in [0.25, 0.3) is 0 Å². The van der Waals surface area contributed by atoms with E-state index in [0.29, 0.717) is 0 Å². The average molecular weight is 227 g/mol. The van der Waals surface area contributed by atoms with Gasteiger partial charge in [0.15, 0.2) is 5.92 Å². The largest absolute Gasteiger partial charge is 0.463 e. The maximum atomic E-state index is 11.4. The van der Waals surface area contributed by atoms with E-state index < -0.39 is 17.9 Å². The third-order valence-corrected chi connectivity index (χ3v) is 1.53. The Morgan fingerprint density at radius 2 is 1.62 bits per heavy atom. The van der Waals surface area contributed by atoms with Crippen LogP contribution in [-0.2, 0) is 19.1 Å². The monoisotopic (exact) mass is 227 g/mol. The summed E-state index contributed by atoms with van der Waals surface area (Å²) in [6.07, 6.45) is -0.822. The number of hydrogen-bond donors (Lipinski definition) is 0. The van der Waals surface area contributed by atoms with Crippen molar-refractivity contribution >= 4 is 11.9 Å². The molecule has 0 radical (unpaired) electrons. The van der Waals surface area contributed by atoms with Crippen LogP contribution in [0.1, 0.15) is 34.1 Å².